The van der Waals surface area contributed by atoms with E-state index in [1.54, 1.807) is 25.3 Å². The van der Waals surface area contributed by atoms with E-state index < -0.39 is 0 Å². The Bertz CT molecular complexity index is 985. The molecule has 0 fully saturated rings. The Kier molecular flexibility index (Phi) is 4.09. The van der Waals surface area contributed by atoms with E-state index >= 15 is 0 Å². The van der Waals surface area contributed by atoms with Crippen LogP contribution in [0, 0.1) is 0 Å². The molecule has 4 rings (SSSR count). The molecule has 25 heavy (non-hydrogen) atoms. The van der Waals surface area contributed by atoms with Gasteiger partial charge in [0.25, 0.3) is 5.56 Å². The van der Waals surface area contributed by atoms with E-state index in [1.807, 2.05) is 12.1 Å². The van der Waals surface area contributed by atoms with Gasteiger partial charge in [0.05, 0.1) is 30.2 Å². The number of benzene rings is 2. The average molecular weight is 356 g/mol. The number of rotatable bonds is 3. The van der Waals surface area contributed by atoms with Crippen molar-refractivity contribution in [3.63, 3.8) is 0 Å². The lowest BCUT2D eigenvalue weighted by molar-refractivity contribution is 0.412. The molecule has 1 aromatic heterocycles. The van der Waals surface area contributed by atoms with Gasteiger partial charge in [0.15, 0.2) is 0 Å². The van der Waals surface area contributed by atoms with Gasteiger partial charge in [0, 0.05) is 11.6 Å². The van der Waals surface area contributed by atoms with Crippen molar-refractivity contribution in [2.75, 3.05) is 18.6 Å². The van der Waals surface area contributed by atoms with Gasteiger partial charge in [-0.1, -0.05) is 23.7 Å². The fraction of sp³-hybridized carbons (Fsp3) is 0.263. The van der Waals surface area contributed by atoms with Gasteiger partial charge in [0.2, 0.25) is 0 Å². The first-order valence-corrected chi connectivity index (χ1v) is 8.63. The van der Waals surface area contributed by atoms with Crippen LogP contribution in [0.5, 0.6) is 5.75 Å². The number of fused-ring (bicyclic) bond motifs is 2. The number of H-pyrrole nitrogens is 1. The molecule has 0 radical (unpaired) electrons. The minimum absolute atomic E-state index is 0.167. The van der Waals surface area contributed by atoms with Gasteiger partial charge in [-0.05, 0) is 42.7 Å². The van der Waals surface area contributed by atoms with E-state index in [4.69, 9.17) is 16.3 Å². The lowest BCUT2D eigenvalue weighted by atomic mass is 10.0. The number of nitrogens with one attached hydrogen (secondary N) is 1. The predicted octanol–water partition coefficient (Wildman–Crippen LogP) is 3.54. The number of halogens is 1. The first-order chi connectivity index (χ1) is 12.2. The normalized spacial score (nSPS) is 13.8. The fourth-order valence-electron chi connectivity index (χ4n) is 3.44. The molecule has 0 spiro atoms. The number of para-hydroxylation sites is 1. The van der Waals surface area contributed by atoms with Gasteiger partial charge in [-0.2, -0.15) is 0 Å². The van der Waals surface area contributed by atoms with Crippen LogP contribution >= 0.6 is 11.6 Å². The standard InChI is InChI=1S/C19H18ClN3O2/c1-25-16-6-2-4-12-5-3-9-23(18(12)16)11-17-21-15-8-7-13(20)10-14(15)19(24)22-17/h2,4,6-8,10H,3,5,9,11H2,1H3,(H,21,22,24). The van der Waals surface area contributed by atoms with Gasteiger partial charge < -0.3 is 14.6 Å². The summed E-state index contributed by atoms with van der Waals surface area (Å²) in [6.07, 6.45) is 2.09. The van der Waals surface area contributed by atoms with Crippen molar-refractivity contribution in [2.45, 2.75) is 19.4 Å². The summed E-state index contributed by atoms with van der Waals surface area (Å²) in [6.45, 7) is 1.43. The fourth-order valence-corrected chi connectivity index (χ4v) is 3.61. The summed E-state index contributed by atoms with van der Waals surface area (Å²) in [5.41, 5.74) is 2.84. The molecule has 0 amide bonds. The Morgan fingerprint density at radius 3 is 3.04 bits per heavy atom. The Balaban J connectivity index is 1.74. The van der Waals surface area contributed by atoms with Crippen LogP contribution < -0.4 is 15.2 Å². The van der Waals surface area contributed by atoms with Crippen molar-refractivity contribution < 1.29 is 4.74 Å². The highest BCUT2D eigenvalue weighted by Crippen LogP contribution is 2.36. The van der Waals surface area contributed by atoms with Crippen LogP contribution in [0.2, 0.25) is 5.02 Å². The molecule has 128 valence electrons. The largest absolute Gasteiger partial charge is 0.495 e. The van der Waals surface area contributed by atoms with Crippen molar-refractivity contribution in [3.8, 4) is 5.75 Å². The minimum Gasteiger partial charge on any atom is -0.495 e. The minimum atomic E-state index is -0.167. The number of hydrogen-bond donors (Lipinski definition) is 1. The third-order valence-corrected chi connectivity index (χ3v) is 4.79. The second-order valence-corrected chi connectivity index (χ2v) is 6.60. The second kappa shape index (κ2) is 6.41. The summed E-state index contributed by atoms with van der Waals surface area (Å²) in [6, 6.07) is 11.3. The topological polar surface area (TPSA) is 58.2 Å². The second-order valence-electron chi connectivity index (χ2n) is 6.17. The van der Waals surface area contributed by atoms with E-state index in [1.165, 1.54) is 5.56 Å². The molecule has 0 saturated heterocycles. The summed E-state index contributed by atoms with van der Waals surface area (Å²) < 4.78 is 5.54. The van der Waals surface area contributed by atoms with Crippen molar-refractivity contribution >= 4 is 28.2 Å². The van der Waals surface area contributed by atoms with Crippen LogP contribution in [0.4, 0.5) is 5.69 Å². The highest BCUT2D eigenvalue weighted by molar-refractivity contribution is 6.31. The number of ether oxygens (including phenoxy) is 1. The Labute approximate surface area is 150 Å². The number of aromatic nitrogens is 2. The summed E-state index contributed by atoms with van der Waals surface area (Å²) in [4.78, 5) is 22.1. The molecule has 1 N–H and O–H groups in total. The SMILES string of the molecule is COc1cccc2c1N(Cc1nc3ccc(Cl)cc3c(=O)[nH]1)CCC2. The zero-order valence-corrected chi connectivity index (χ0v) is 14.6. The van der Waals surface area contributed by atoms with Crippen molar-refractivity contribution in [3.05, 3.63) is 63.2 Å². The molecular weight excluding hydrogens is 338 g/mol. The molecule has 0 unspecified atom stereocenters. The Morgan fingerprint density at radius 1 is 1.32 bits per heavy atom. The molecule has 0 bridgehead atoms. The number of hydrogen-bond acceptors (Lipinski definition) is 4. The maximum Gasteiger partial charge on any atom is 0.258 e. The Hall–Kier alpha value is -2.53. The summed E-state index contributed by atoms with van der Waals surface area (Å²) in [7, 11) is 1.68. The average Bonchev–Trinajstić information content (AvgIpc) is 2.62. The maximum atomic E-state index is 12.4. The molecule has 1 aliphatic heterocycles. The third-order valence-electron chi connectivity index (χ3n) is 4.55. The van der Waals surface area contributed by atoms with E-state index in [0.29, 0.717) is 28.3 Å². The molecular formula is C19H18ClN3O2. The summed E-state index contributed by atoms with van der Waals surface area (Å²) >= 11 is 5.97. The van der Waals surface area contributed by atoms with E-state index in [-0.39, 0.29) is 5.56 Å². The first kappa shape index (κ1) is 16.0. The van der Waals surface area contributed by atoms with Crippen LogP contribution in [0.15, 0.2) is 41.2 Å². The highest BCUT2D eigenvalue weighted by atomic mass is 35.5. The van der Waals surface area contributed by atoms with Crippen molar-refractivity contribution in [1.82, 2.24) is 9.97 Å². The number of aromatic amines is 1. The van der Waals surface area contributed by atoms with Gasteiger partial charge in [-0.3, -0.25) is 4.79 Å². The summed E-state index contributed by atoms with van der Waals surface area (Å²) in [5.74, 6) is 1.49. The van der Waals surface area contributed by atoms with Crippen LogP contribution in [0.25, 0.3) is 10.9 Å². The lowest BCUT2D eigenvalue weighted by Gasteiger charge is -2.32. The number of anilines is 1. The first-order valence-electron chi connectivity index (χ1n) is 8.25. The van der Waals surface area contributed by atoms with E-state index in [9.17, 15) is 4.79 Å². The lowest BCUT2D eigenvalue weighted by Crippen LogP contribution is -2.31. The smallest absolute Gasteiger partial charge is 0.258 e. The maximum absolute atomic E-state index is 12.4. The molecule has 6 heteroatoms. The number of aryl methyl sites for hydroxylation is 1. The third kappa shape index (κ3) is 2.96. The molecule has 0 atom stereocenters. The van der Waals surface area contributed by atoms with Gasteiger partial charge in [0.1, 0.15) is 11.6 Å². The molecule has 3 aromatic rings. The number of nitrogens with zero attached hydrogens (tertiary/aromatic N) is 2. The quantitative estimate of drug-likeness (QED) is 0.780. The van der Waals surface area contributed by atoms with Gasteiger partial charge in [-0.25, -0.2) is 4.98 Å². The van der Waals surface area contributed by atoms with Crippen LogP contribution in [-0.4, -0.2) is 23.6 Å². The van der Waals surface area contributed by atoms with Crippen LogP contribution in [-0.2, 0) is 13.0 Å². The number of methoxy groups -OCH3 is 1. The van der Waals surface area contributed by atoms with Crippen molar-refractivity contribution in [2.24, 2.45) is 0 Å². The summed E-state index contributed by atoms with van der Waals surface area (Å²) in [5, 5.41) is 1.04. The molecule has 1 aliphatic rings. The monoisotopic (exact) mass is 355 g/mol. The van der Waals surface area contributed by atoms with Crippen LogP contribution in [0.3, 0.4) is 0 Å². The predicted molar refractivity (Wildman–Crippen MR) is 99.7 cm³/mol. The van der Waals surface area contributed by atoms with E-state index in [0.717, 1.165) is 30.8 Å². The zero-order valence-electron chi connectivity index (χ0n) is 13.9. The molecule has 0 saturated carbocycles. The molecule has 5 nitrogen and oxygen atoms in total. The zero-order chi connectivity index (χ0) is 17.4. The Morgan fingerprint density at radius 2 is 2.20 bits per heavy atom. The molecule has 2 heterocycles. The molecule has 0 aliphatic carbocycles. The van der Waals surface area contributed by atoms with Crippen molar-refractivity contribution in [1.29, 1.82) is 0 Å². The van der Waals surface area contributed by atoms with E-state index in [2.05, 4.69) is 20.9 Å². The molecule has 2 aromatic carbocycles. The van der Waals surface area contributed by atoms with Gasteiger partial charge in [-0.15, -0.1) is 0 Å². The van der Waals surface area contributed by atoms with Crippen LogP contribution in [0.1, 0.15) is 17.8 Å². The van der Waals surface area contributed by atoms with Gasteiger partial charge >= 0.3 is 0 Å². The highest BCUT2D eigenvalue weighted by Gasteiger charge is 2.21.